The Morgan fingerprint density at radius 1 is 1.08 bits per heavy atom. The number of piperidine rings is 1. The van der Waals surface area contributed by atoms with Gasteiger partial charge in [-0.15, -0.1) is 0 Å². The first kappa shape index (κ1) is 19.3. The zero-order valence-electron chi connectivity index (χ0n) is 12.8. The average Bonchev–Trinajstić information content (AvgIpc) is 2.48. The number of carbonyl (C=O) groups is 1. The Balaban J connectivity index is 1.86. The summed E-state index contributed by atoms with van der Waals surface area (Å²) in [7, 11) is 0. The second kappa shape index (κ2) is 6.70. The van der Waals surface area contributed by atoms with Crippen LogP contribution < -0.4 is 10.6 Å². The van der Waals surface area contributed by atoms with Crippen molar-refractivity contribution in [2.24, 2.45) is 5.92 Å². The molecular formula is C14H20F6N2O2. The van der Waals surface area contributed by atoms with Crippen molar-refractivity contribution in [1.82, 2.24) is 10.6 Å². The van der Waals surface area contributed by atoms with E-state index in [0.29, 0.717) is 0 Å². The Labute approximate surface area is 135 Å². The molecule has 1 aliphatic heterocycles. The van der Waals surface area contributed by atoms with E-state index in [1.54, 1.807) is 0 Å². The van der Waals surface area contributed by atoms with Gasteiger partial charge in [0.05, 0.1) is 0 Å². The zero-order valence-corrected chi connectivity index (χ0v) is 12.8. The molecule has 10 heteroatoms. The molecular weight excluding hydrogens is 342 g/mol. The third-order valence-corrected chi connectivity index (χ3v) is 4.86. The molecule has 0 radical (unpaired) electrons. The minimum Gasteiger partial charge on any atom is -0.380 e. The van der Waals surface area contributed by atoms with Crippen molar-refractivity contribution in [3.63, 3.8) is 0 Å². The van der Waals surface area contributed by atoms with Gasteiger partial charge in [-0.05, 0) is 45.1 Å². The van der Waals surface area contributed by atoms with Gasteiger partial charge in [-0.2, -0.15) is 26.3 Å². The van der Waals surface area contributed by atoms with Crippen LogP contribution >= 0.6 is 0 Å². The van der Waals surface area contributed by atoms with E-state index in [0.717, 1.165) is 0 Å². The van der Waals surface area contributed by atoms with Gasteiger partial charge in [0, 0.05) is 12.0 Å². The summed E-state index contributed by atoms with van der Waals surface area (Å²) in [5, 5.41) is 14.4. The third-order valence-electron chi connectivity index (χ3n) is 4.86. The number of aliphatic hydroxyl groups is 1. The van der Waals surface area contributed by atoms with Gasteiger partial charge in [0.25, 0.3) is 0 Å². The maximum absolute atomic E-state index is 12.7. The molecule has 2 aliphatic rings. The first-order valence-corrected chi connectivity index (χ1v) is 7.82. The number of nitrogens with one attached hydrogen (secondary N) is 2. The number of rotatable bonds is 2. The van der Waals surface area contributed by atoms with Crippen molar-refractivity contribution in [3.05, 3.63) is 0 Å². The highest BCUT2D eigenvalue weighted by Gasteiger charge is 2.54. The molecule has 1 unspecified atom stereocenters. The van der Waals surface area contributed by atoms with Crippen LogP contribution in [-0.2, 0) is 4.79 Å². The first-order valence-electron chi connectivity index (χ1n) is 7.82. The molecule has 2 fully saturated rings. The fourth-order valence-corrected chi connectivity index (χ4v) is 3.25. The van der Waals surface area contributed by atoms with Crippen LogP contribution in [0.3, 0.4) is 0 Å². The van der Waals surface area contributed by atoms with E-state index in [-0.39, 0.29) is 32.2 Å². The number of hydrogen-bond acceptors (Lipinski definition) is 3. The fraction of sp³-hybridized carbons (Fsp3) is 0.929. The standard InChI is InChI=1S/C14H20F6N2O2/c15-13(16,17)10-7-8(3-6-21-10)11(23)22-9-1-4-12(24,5-2-9)14(18,19)20/h8-10,21,24H,1-7H2,(H,22,23)/t8?,9?,10-,12?/m1/s1. The molecule has 1 heterocycles. The topological polar surface area (TPSA) is 61.4 Å². The largest absolute Gasteiger partial charge is 0.417 e. The molecule has 24 heavy (non-hydrogen) atoms. The second-order valence-electron chi connectivity index (χ2n) is 6.58. The number of hydrogen-bond donors (Lipinski definition) is 3. The molecule has 1 saturated heterocycles. The van der Waals surface area contributed by atoms with Gasteiger partial charge in [0.2, 0.25) is 5.91 Å². The molecule has 0 bridgehead atoms. The molecule has 1 aliphatic carbocycles. The number of carbonyl (C=O) groups excluding carboxylic acids is 1. The molecule has 4 nitrogen and oxygen atoms in total. The predicted octanol–water partition coefficient (Wildman–Crippen LogP) is 2.27. The van der Waals surface area contributed by atoms with Gasteiger partial charge in [-0.1, -0.05) is 0 Å². The summed E-state index contributed by atoms with van der Waals surface area (Å²) in [6.45, 7) is 0.0563. The highest BCUT2D eigenvalue weighted by molar-refractivity contribution is 5.79. The SMILES string of the molecule is O=C(NC1CCC(O)(C(F)(F)F)CC1)C1CCN[C@@H](C(F)(F)F)C1. The first-order chi connectivity index (χ1) is 10.9. The van der Waals surface area contributed by atoms with Crippen LogP contribution in [0, 0.1) is 5.92 Å². The van der Waals surface area contributed by atoms with Crippen LogP contribution in [0.5, 0.6) is 0 Å². The van der Waals surface area contributed by atoms with Crippen molar-refractivity contribution >= 4 is 5.91 Å². The van der Waals surface area contributed by atoms with Gasteiger partial charge < -0.3 is 15.7 Å². The van der Waals surface area contributed by atoms with Crippen LogP contribution in [0.15, 0.2) is 0 Å². The van der Waals surface area contributed by atoms with Gasteiger partial charge in [0.1, 0.15) is 6.04 Å². The van der Waals surface area contributed by atoms with Crippen molar-refractivity contribution in [2.75, 3.05) is 6.54 Å². The van der Waals surface area contributed by atoms with E-state index in [9.17, 15) is 36.2 Å². The lowest BCUT2D eigenvalue weighted by atomic mass is 9.81. The number of amides is 1. The normalized spacial score (nSPS) is 35.5. The van der Waals surface area contributed by atoms with Crippen LogP contribution in [0.2, 0.25) is 0 Å². The Hall–Kier alpha value is -1.03. The smallest absolute Gasteiger partial charge is 0.380 e. The molecule has 140 valence electrons. The minimum absolute atomic E-state index is 0.0563. The monoisotopic (exact) mass is 362 g/mol. The van der Waals surface area contributed by atoms with Crippen molar-refractivity contribution < 1.29 is 36.2 Å². The number of alkyl halides is 6. The van der Waals surface area contributed by atoms with E-state index in [4.69, 9.17) is 0 Å². The lowest BCUT2D eigenvalue weighted by Gasteiger charge is -2.38. The van der Waals surface area contributed by atoms with Crippen LogP contribution in [-0.4, -0.2) is 47.6 Å². The summed E-state index contributed by atoms with van der Waals surface area (Å²) in [4.78, 5) is 12.1. The Morgan fingerprint density at radius 2 is 1.67 bits per heavy atom. The Kier molecular flexibility index (Phi) is 5.39. The Morgan fingerprint density at radius 3 is 2.17 bits per heavy atom. The predicted molar refractivity (Wildman–Crippen MR) is 72.0 cm³/mol. The van der Waals surface area contributed by atoms with Gasteiger partial charge in [-0.25, -0.2) is 0 Å². The highest BCUT2D eigenvalue weighted by Crippen LogP contribution is 2.41. The Bertz CT molecular complexity index is 457. The summed E-state index contributed by atoms with van der Waals surface area (Å²) < 4.78 is 76.2. The minimum atomic E-state index is -4.73. The molecule has 2 rings (SSSR count). The van der Waals surface area contributed by atoms with Gasteiger partial charge >= 0.3 is 12.4 Å². The van der Waals surface area contributed by atoms with Crippen molar-refractivity contribution in [2.45, 2.75) is 68.6 Å². The van der Waals surface area contributed by atoms with Gasteiger partial charge in [0.15, 0.2) is 5.60 Å². The molecule has 1 saturated carbocycles. The van der Waals surface area contributed by atoms with E-state index in [2.05, 4.69) is 10.6 Å². The van der Waals surface area contributed by atoms with Crippen molar-refractivity contribution in [1.29, 1.82) is 0 Å². The molecule has 0 aromatic heterocycles. The van der Waals surface area contributed by atoms with E-state index < -0.39 is 54.7 Å². The summed E-state index contributed by atoms with van der Waals surface area (Å²) in [6.07, 6.45) is -10.5. The van der Waals surface area contributed by atoms with E-state index in [1.807, 2.05) is 0 Å². The highest BCUT2D eigenvalue weighted by atomic mass is 19.4. The van der Waals surface area contributed by atoms with Crippen LogP contribution in [0.25, 0.3) is 0 Å². The summed E-state index contributed by atoms with van der Waals surface area (Å²) >= 11 is 0. The fourth-order valence-electron chi connectivity index (χ4n) is 3.25. The molecule has 0 aromatic carbocycles. The van der Waals surface area contributed by atoms with E-state index >= 15 is 0 Å². The van der Waals surface area contributed by atoms with Gasteiger partial charge in [-0.3, -0.25) is 4.79 Å². The maximum atomic E-state index is 12.7. The van der Waals surface area contributed by atoms with Crippen LogP contribution in [0.4, 0.5) is 26.3 Å². The average molecular weight is 362 g/mol. The maximum Gasteiger partial charge on any atom is 0.417 e. The summed E-state index contributed by atoms with van der Waals surface area (Å²) in [5.41, 5.74) is -2.75. The van der Waals surface area contributed by atoms with E-state index in [1.165, 1.54) is 0 Å². The molecule has 1 amide bonds. The lowest BCUT2D eigenvalue weighted by Crippen LogP contribution is -2.54. The number of halogens is 6. The van der Waals surface area contributed by atoms with Crippen LogP contribution in [0.1, 0.15) is 38.5 Å². The molecule has 0 spiro atoms. The quantitative estimate of drug-likeness (QED) is 0.661. The summed E-state index contributed by atoms with van der Waals surface area (Å²) in [5.74, 6) is -1.38. The molecule has 2 atom stereocenters. The lowest BCUT2D eigenvalue weighted by molar-refractivity contribution is -0.270. The molecule has 3 N–H and O–H groups in total. The zero-order chi connectivity index (χ0) is 18.2. The second-order valence-corrected chi connectivity index (χ2v) is 6.58. The third kappa shape index (κ3) is 4.33. The summed E-state index contributed by atoms with van der Waals surface area (Å²) in [6, 6.07) is -2.30. The van der Waals surface area contributed by atoms with Crippen molar-refractivity contribution in [3.8, 4) is 0 Å². The molecule has 0 aromatic rings.